The minimum absolute atomic E-state index is 0.0809. The van der Waals surface area contributed by atoms with Crippen molar-refractivity contribution in [3.8, 4) is 0 Å². The van der Waals surface area contributed by atoms with Gasteiger partial charge in [-0.1, -0.05) is 18.2 Å². The smallest absolute Gasteiger partial charge is 0.303 e. The second-order valence-electron chi connectivity index (χ2n) is 5.51. The molecule has 0 radical (unpaired) electrons. The van der Waals surface area contributed by atoms with Crippen LogP contribution in [-0.2, 0) is 16.0 Å². The first-order valence-corrected chi connectivity index (χ1v) is 7.30. The van der Waals surface area contributed by atoms with Gasteiger partial charge in [0.1, 0.15) is 0 Å². The van der Waals surface area contributed by atoms with Crippen molar-refractivity contribution in [2.24, 2.45) is 5.73 Å². The number of carboxylic acid groups (broad SMARTS) is 1. The van der Waals surface area contributed by atoms with Crippen LogP contribution in [0.2, 0.25) is 0 Å². The third kappa shape index (κ3) is 4.08. The molecule has 0 saturated heterocycles. The lowest BCUT2D eigenvalue weighted by atomic mass is 10.1. The van der Waals surface area contributed by atoms with E-state index in [1.807, 2.05) is 37.4 Å². The van der Waals surface area contributed by atoms with Crippen molar-refractivity contribution in [2.75, 3.05) is 0 Å². The fourth-order valence-corrected chi connectivity index (χ4v) is 2.44. The summed E-state index contributed by atoms with van der Waals surface area (Å²) in [4.78, 5) is 25.6. The number of hydrogen-bond donors (Lipinski definition) is 4. The van der Waals surface area contributed by atoms with Crippen molar-refractivity contribution in [3.05, 3.63) is 36.0 Å². The van der Waals surface area contributed by atoms with Crippen LogP contribution in [0, 0.1) is 0 Å². The van der Waals surface area contributed by atoms with Gasteiger partial charge in [0.15, 0.2) is 0 Å². The zero-order valence-corrected chi connectivity index (χ0v) is 12.5. The van der Waals surface area contributed by atoms with Crippen molar-refractivity contribution in [1.82, 2.24) is 10.3 Å². The molecule has 2 atom stereocenters. The molecule has 6 nitrogen and oxygen atoms in total. The first-order valence-electron chi connectivity index (χ1n) is 7.30. The molecule has 0 bridgehead atoms. The average molecular weight is 303 g/mol. The number of aromatic nitrogens is 1. The van der Waals surface area contributed by atoms with Crippen molar-refractivity contribution < 1.29 is 14.7 Å². The first-order chi connectivity index (χ1) is 10.5. The van der Waals surface area contributed by atoms with Gasteiger partial charge in [-0.25, -0.2) is 0 Å². The fourth-order valence-electron chi connectivity index (χ4n) is 2.44. The van der Waals surface area contributed by atoms with Crippen LogP contribution in [0.1, 0.15) is 25.3 Å². The minimum Gasteiger partial charge on any atom is -0.481 e. The number of nitrogens with one attached hydrogen (secondary N) is 2. The monoisotopic (exact) mass is 303 g/mol. The van der Waals surface area contributed by atoms with Crippen LogP contribution in [0.15, 0.2) is 30.5 Å². The number of hydrogen-bond acceptors (Lipinski definition) is 3. The third-order valence-corrected chi connectivity index (χ3v) is 3.60. The molecular formula is C16H21N3O3. The summed E-state index contributed by atoms with van der Waals surface area (Å²) >= 11 is 0. The van der Waals surface area contributed by atoms with Gasteiger partial charge in [-0.05, 0) is 31.4 Å². The maximum absolute atomic E-state index is 11.9. The second-order valence-corrected chi connectivity index (χ2v) is 5.51. The summed E-state index contributed by atoms with van der Waals surface area (Å²) in [5.74, 6) is -1.26. The lowest BCUT2D eigenvalue weighted by Gasteiger charge is -2.17. The Morgan fingerprint density at radius 3 is 2.82 bits per heavy atom. The Balaban J connectivity index is 1.91. The molecule has 1 amide bonds. The maximum Gasteiger partial charge on any atom is 0.303 e. The van der Waals surface area contributed by atoms with Gasteiger partial charge >= 0.3 is 5.97 Å². The van der Waals surface area contributed by atoms with E-state index in [0.29, 0.717) is 6.42 Å². The number of H-pyrrole nitrogens is 1. The van der Waals surface area contributed by atoms with Crippen molar-refractivity contribution in [2.45, 2.75) is 38.3 Å². The second kappa shape index (κ2) is 7.09. The van der Waals surface area contributed by atoms with E-state index in [1.54, 1.807) is 0 Å². The largest absolute Gasteiger partial charge is 0.481 e. The Bertz CT molecular complexity index is 665. The number of fused-ring (bicyclic) bond motifs is 1. The Morgan fingerprint density at radius 1 is 1.36 bits per heavy atom. The SMILES string of the molecule is C[C@@H](Cc1c[nH]c2ccccc12)NC(=O)[C@@H](N)CCC(=O)O. The summed E-state index contributed by atoms with van der Waals surface area (Å²) in [7, 11) is 0. The summed E-state index contributed by atoms with van der Waals surface area (Å²) in [5, 5.41) is 12.6. The van der Waals surface area contributed by atoms with E-state index in [4.69, 9.17) is 10.8 Å². The van der Waals surface area contributed by atoms with E-state index >= 15 is 0 Å². The number of benzene rings is 1. The minimum atomic E-state index is -0.949. The van der Waals surface area contributed by atoms with E-state index in [0.717, 1.165) is 16.5 Å². The molecule has 1 aromatic heterocycles. The normalized spacial score (nSPS) is 13.7. The Morgan fingerprint density at radius 2 is 2.09 bits per heavy atom. The van der Waals surface area contributed by atoms with Crippen LogP contribution in [0.5, 0.6) is 0 Å². The number of carbonyl (C=O) groups is 2. The Kier molecular flexibility index (Phi) is 5.16. The predicted octanol–water partition coefficient (Wildman–Crippen LogP) is 1.41. The van der Waals surface area contributed by atoms with Gasteiger partial charge in [-0.2, -0.15) is 0 Å². The predicted molar refractivity (Wildman–Crippen MR) is 84.5 cm³/mol. The summed E-state index contributed by atoms with van der Waals surface area (Å²) < 4.78 is 0. The molecule has 0 unspecified atom stereocenters. The summed E-state index contributed by atoms with van der Waals surface area (Å²) in [6.07, 6.45) is 2.66. The van der Waals surface area contributed by atoms with Gasteiger partial charge in [-0.3, -0.25) is 9.59 Å². The molecule has 6 heteroatoms. The van der Waals surface area contributed by atoms with Gasteiger partial charge in [0.05, 0.1) is 6.04 Å². The average Bonchev–Trinajstić information content (AvgIpc) is 2.87. The molecule has 5 N–H and O–H groups in total. The lowest BCUT2D eigenvalue weighted by molar-refractivity contribution is -0.137. The van der Waals surface area contributed by atoms with Crippen LogP contribution in [0.4, 0.5) is 0 Å². The number of carbonyl (C=O) groups excluding carboxylic acids is 1. The van der Waals surface area contributed by atoms with Gasteiger partial charge < -0.3 is 21.1 Å². The first kappa shape index (κ1) is 16.0. The van der Waals surface area contributed by atoms with Gasteiger partial charge in [-0.15, -0.1) is 0 Å². The maximum atomic E-state index is 11.9. The molecule has 2 rings (SSSR count). The van der Waals surface area contributed by atoms with Crippen molar-refractivity contribution >= 4 is 22.8 Å². The third-order valence-electron chi connectivity index (χ3n) is 3.60. The number of carboxylic acids is 1. The highest BCUT2D eigenvalue weighted by atomic mass is 16.4. The summed E-state index contributed by atoms with van der Waals surface area (Å²) in [6.45, 7) is 1.91. The van der Waals surface area contributed by atoms with Crippen LogP contribution >= 0.6 is 0 Å². The number of para-hydroxylation sites is 1. The highest BCUT2D eigenvalue weighted by Gasteiger charge is 2.17. The number of rotatable bonds is 7. The molecule has 0 aliphatic rings. The zero-order valence-electron chi connectivity index (χ0n) is 12.5. The van der Waals surface area contributed by atoms with E-state index < -0.39 is 12.0 Å². The molecule has 0 spiro atoms. The topological polar surface area (TPSA) is 108 Å². The van der Waals surface area contributed by atoms with E-state index in [-0.39, 0.29) is 24.8 Å². The number of nitrogens with two attached hydrogens (primary N) is 1. The van der Waals surface area contributed by atoms with Crippen LogP contribution in [0.3, 0.4) is 0 Å². The molecule has 0 aliphatic heterocycles. The molecule has 2 aromatic rings. The molecular weight excluding hydrogens is 282 g/mol. The molecule has 1 aromatic carbocycles. The Hall–Kier alpha value is -2.34. The standard InChI is InChI=1S/C16H21N3O3/c1-10(19-16(22)13(17)6-7-15(20)21)8-11-9-18-14-5-3-2-4-12(11)14/h2-5,9-10,13,18H,6-8,17H2,1H3,(H,19,22)(H,20,21)/t10-,13-/m0/s1. The molecule has 0 aliphatic carbocycles. The molecule has 22 heavy (non-hydrogen) atoms. The quantitative estimate of drug-likeness (QED) is 0.620. The number of amides is 1. The van der Waals surface area contributed by atoms with Crippen LogP contribution in [-0.4, -0.2) is 34.1 Å². The number of aromatic amines is 1. The summed E-state index contributed by atoms with van der Waals surface area (Å²) in [5.41, 5.74) is 7.89. The molecule has 0 fully saturated rings. The van der Waals surface area contributed by atoms with Crippen LogP contribution in [0.25, 0.3) is 10.9 Å². The van der Waals surface area contributed by atoms with Gasteiger partial charge in [0.2, 0.25) is 5.91 Å². The zero-order chi connectivity index (χ0) is 16.1. The number of aliphatic carboxylic acids is 1. The summed E-state index contributed by atoms with van der Waals surface area (Å²) in [6, 6.07) is 7.11. The fraction of sp³-hybridized carbons (Fsp3) is 0.375. The van der Waals surface area contributed by atoms with E-state index in [1.165, 1.54) is 0 Å². The lowest BCUT2D eigenvalue weighted by Crippen LogP contribution is -2.45. The van der Waals surface area contributed by atoms with E-state index in [2.05, 4.69) is 10.3 Å². The van der Waals surface area contributed by atoms with E-state index in [9.17, 15) is 9.59 Å². The molecule has 118 valence electrons. The highest BCUT2D eigenvalue weighted by Crippen LogP contribution is 2.19. The van der Waals surface area contributed by atoms with Crippen molar-refractivity contribution in [3.63, 3.8) is 0 Å². The molecule has 0 saturated carbocycles. The van der Waals surface area contributed by atoms with Crippen molar-refractivity contribution in [1.29, 1.82) is 0 Å². The van der Waals surface area contributed by atoms with Crippen LogP contribution < -0.4 is 11.1 Å². The highest BCUT2D eigenvalue weighted by molar-refractivity contribution is 5.84. The molecule has 1 heterocycles. The van der Waals surface area contributed by atoms with Gasteiger partial charge in [0.25, 0.3) is 0 Å². The Labute approximate surface area is 128 Å². The van der Waals surface area contributed by atoms with Gasteiger partial charge in [0, 0.05) is 29.6 Å².